The van der Waals surface area contributed by atoms with Crippen molar-refractivity contribution in [2.75, 3.05) is 6.54 Å². The van der Waals surface area contributed by atoms with Gasteiger partial charge in [0.2, 0.25) is 0 Å². The molecular weight excluding hydrogens is 290 g/mol. The summed E-state index contributed by atoms with van der Waals surface area (Å²) in [6, 6.07) is 12.3. The predicted molar refractivity (Wildman–Crippen MR) is 90.7 cm³/mol. The van der Waals surface area contributed by atoms with E-state index in [-0.39, 0.29) is 0 Å². The Labute approximate surface area is 134 Å². The average molecular weight is 305 g/mol. The molecule has 0 spiro atoms. The number of hydrogen-bond acceptors (Lipinski definition) is 4. The number of nitriles is 1. The second kappa shape index (κ2) is 6.42. The molecule has 0 unspecified atom stereocenters. The van der Waals surface area contributed by atoms with Crippen LogP contribution in [0.1, 0.15) is 11.9 Å². The van der Waals surface area contributed by atoms with Crippen LogP contribution in [0.25, 0.3) is 16.8 Å². The molecule has 0 saturated heterocycles. The van der Waals surface area contributed by atoms with Crippen molar-refractivity contribution in [2.24, 2.45) is 0 Å². The minimum atomic E-state index is 0.620. The molecule has 0 bridgehead atoms. The molecular formula is C18H15N3S. The number of thiazole rings is 1. The second-order valence-electron chi connectivity index (χ2n) is 4.76. The Morgan fingerprint density at radius 3 is 2.82 bits per heavy atom. The van der Waals surface area contributed by atoms with Gasteiger partial charge in [0.25, 0.3) is 0 Å². The normalized spacial score (nSPS) is 15.7. The predicted octanol–water partition coefficient (Wildman–Crippen LogP) is 4.45. The van der Waals surface area contributed by atoms with Gasteiger partial charge in [0.1, 0.15) is 16.6 Å². The number of likely N-dealkylation sites (N-methyl/N-ethyl adjacent to an activating group) is 1. The molecule has 0 aliphatic carbocycles. The minimum Gasteiger partial charge on any atom is -0.347 e. The maximum Gasteiger partial charge on any atom is 0.136 e. The maximum absolute atomic E-state index is 9.60. The van der Waals surface area contributed by atoms with Crippen LogP contribution in [-0.4, -0.2) is 16.4 Å². The van der Waals surface area contributed by atoms with Crippen molar-refractivity contribution in [1.82, 2.24) is 9.88 Å². The molecule has 0 N–H and O–H groups in total. The van der Waals surface area contributed by atoms with E-state index < -0.39 is 0 Å². The van der Waals surface area contributed by atoms with Gasteiger partial charge in [-0.05, 0) is 19.1 Å². The summed E-state index contributed by atoms with van der Waals surface area (Å²) in [5.41, 5.74) is 3.50. The fourth-order valence-electron chi connectivity index (χ4n) is 2.32. The molecule has 0 saturated carbocycles. The lowest BCUT2D eigenvalue weighted by atomic mass is 10.1. The first-order valence-corrected chi connectivity index (χ1v) is 7.98. The number of aromatic nitrogens is 1. The molecule has 0 fully saturated rings. The number of rotatable bonds is 3. The van der Waals surface area contributed by atoms with E-state index >= 15 is 0 Å². The summed E-state index contributed by atoms with van der Waals surface area (Å²) in [6.45, 7) is 2.88. The molecule has 1 aliphatic heterocycles. The highest BCUT2D eigenvalue weighted by Crippen LogP contribution is 2.29. The SMILES string of the molecule is CCN1C=CC=C/C1=C(/C#N)c1nc(-c2ccccc2)cs1. The van der Waals surface area contributed by atoms with Crippen LogP contribution in [0.15, 0.2) is 65.8 Å². The van der Waals surface area contributed by atoms with Gasteiger partial charge < -0.3 is 4.90 Å². The van der Waals surface area contributed by atoms with Crippen molar-refractivity contribution < 1.29 is 0 Å². The summed E-state index contributed by atoms with van der Waals surface area (Å²) in [5.74, 6) is 0. The van der Waals surface area contributed by atoms with Gasteiger partial charge in [-0.2, -0.15) is 5.26 Å². The van der Waals surface area contributed by atoms with Gasteiger partial charge in [-0.1, -0.05) is 36.4 Å². The van der Waals surface area contributed by atoms with Crippen LogP contribution >= 0.6 is 11.3 Å². The van der Waals surface area contributed by atoms with Crippen molar-refractivity contribution in [2.45, 2.75) is 6.92 Å². The lowest BCUT2D eigenvalue weighted by molar-refractivity contribution is 0.506. The summed E-state index contributed by atoms with van der Waals surface area (Å²) in [6.07, 6.45) is 7.87. The Morgan fingerprint density at radius 2 is 2.09 bits per heavy atom. The third kappa shape index (κ3) is 2.72. The van der Waals surface area contributed by atoms with Crippen molar-refractivity contribution >= 4 is 16.9 Å². The average Bonchev–Trinajstić information content (AvgIpc) is 3.07. The number of hydrogen-bond donors (Lipinski definition) is 0. The number of nitrogens with zero attached hydrogens (tertiary/aromatic N) is 3. The maximum atomic E-state index is 9.60. The van der Waals surface area contributed by atoms with Gasteiger partial charge in [-0.15, -0.1) is 11.3 Å². The summed E-state index contributed by atoms with van der Waals surface area (Å²) >= 11 is 1.51. The molecule has 2 aromatic rings. The minimum absolute atomic E-state index is 0.620. The highest BCUT2D eigenvalue weighted by molar-refractivity contribution is 7.11. The zero-order valence-electron chi connectivity index (χ0n) is 12.2. The van der Waals surface area contributed by atoms with Gasteiger partial charge in [0, 0.05) is 23.7 Å². The Bertz CT molecular complexity index is 791. The second-order valence-corrected chi connectivity index (χ2v) is 5.62. The van der Waals surface area contributed by atoms with E-state index in [1.807, 2.05) is 60.1 Å². The zero-order chi connectivity index (χ0) is 15.4. The number of benzene rings is 1. The van der Waals surface area contributed by atoms with Crippen LogP contribution in [0.3, 0.4) is 0 Å². The lowest BCUT2D eigenvalue weighted by Crippen LogP contribution is -2.17. The summed E-state index contributed by atoms with van der Waals surface area (Å²) in [4.78, 5) is 6.71. The van der Waals surface area contributed by atoms with Crippen LogP contribution < -0.4 is 0 Å². The fourth-order valence-corrected chi connectivity index (χ4v) is 3.15. The molecule has 4 heteroatoms. The molecule has 2 heterocycles. The highest BCUT2D eigenvalue weighted by atomic mass is 32.1. The zero-order valence-corrected chi connectivity index (χ0v) is 13.0. The topological polar surface area (TPSA) is 39.9 Å². The van der Waals surface area contributed by atoms with Gasteiger partial charge in [0.05, 0.1) is 11.4 Å². The van der Waals surface area contributed by atoms with Gasteiger partial charge in [0.15, 0.2) is 0 Å². The first-order valence-electron chi connectivity index (χ1n) is 7.10. The van der Waals surface area contributed by atoms with E-state index in [0.29, 0.717) is 5.57 Å². The molecule has 108 valence electrons. The van der Waals surface area contributed by atoms with E-state index in [2.05, 4.69) is 22.9 Å². The Morgan fingerprint density at radius 1 is 1.27 bits per heavy atom. The third-order valence-electron chi connectivity index (χ3n) is 3.44. The summed E-state index contributed by atoms with van der Waals surface area (Å²) < 4.78 is 0. The monoisotopic (exact) mass is 305 g/mol. The van der Waals surface area contributed by atoms with Gasteiger partial charge in [-0.25, -0.2) is 4.98 Å². The standard InChI is InChI=1S/C18H15N3S/c1-2-21-11-7-6-10-17(21)15(12-19)18-20-16(13-22-18)14-8-4-3-5-9-14/h3-11,13H,2H2,1H3/b17-15+. The molecule has 0 radical (unpaired) electrons. The Balaban J connectivity index is 2.03. The summed E-state index contributed by atoms with van der Waals surface area (Å²) in [7, 11) is 0. The van der Waals surface area contributed by atoms with Crippen molar-refractivity contribution in [3.8, 4) is 17.3 Å². The Hall–Kier alpha value is -2.64. The van der Waals surface area contributed by atoms with Crippen LogP contribution in [0.4, 0.5) is 0 Å². The van der Waals surface area contributed by atoms with Crippen molar-refractivity contribution in [3.05, 3.63) is 70.8 Å². The van der Waals surface area contributed by atoms with E-state index in [0.717, 1.165) is 28.5 Å². The third-order valence-corrected chi connectivity index (χ3v) is 4.30. The molecule has 0 atom stereocenters. The highest BCUT2D eigenvalue weighted by Gasteiger charge is 2.16. The van der Waals surface area contributed by atoms with Gasteiger partial charge >= 0.3 is 0 Å². The smallest absolute Gasteiger partial charge is 0.136 e. The van der Waals surface area contributed by atoms with E-state index in [1.54, 1.807) is 0 Å². The molecule has 1 aliphatic rings. The fraction of sp³-hybridized carbons (Fsp3) is 0.111. The lowest BCUT2D eigenvalue weighted by Gasteiger charge is -2.22. The Kier molecular flexibility index (Phi) is 4.17. The largest absolute Gasteiger partial charge is 0.347 e. The van der Waals surface area contributed by atoms with Crippen molar-refractivity contribution in [1.29, 1.82) is 5.26 Å². The van der Waals surface area contributed by atoms with Crippen LogP contribution in [0, 0.1) is 11.3 Å². The molecule has 0 amide bonds. The molecule has 3 rings (SSSR count). The molecule has 1 aromatic heterocycles. The van der Waals surface area contributed by atoms with Crippen LogP contribution in [-0.2, 0) is 0 Å². The quantitative estimate of drug-likeness (QED) is 0.786. The van der Waals surface area contributed by atoms with Gasteiger partial charge in [-0.3, -0.25) is 0 Å². The molecule has 1 aromatic carbocycles. The first-order chi connectivity index (χ1) is 10.8. The van der Waals surface area contributed by atoms with E-state index in [9.17, 15) is 5.26 Å². The molecule has 3 nitrogen and oxygen atoms in total. The van der Waals surface area contributed by atoms with Crippen LogP contribution in [0.5, 0.6) is 0 Å². The van der Waals surface area contributed by atoms with Crippen LogP contribution in [0.2, 0.25) is 0 Å². The van der Waals surface area contributed by atoms with Crippen molar-refractivity contribution in [3.63, 3.8) is 0 Å². The molecule has 22 heavy (non-hydrogen) atoms. The number of allylic oxidation sites excluding steroid dienone is 4. The van der Waals surface area contributed by atoms with E-state index in [4.69, 9.17) is 0 Å². The first kappa shape index (κ1) is 14.3. The summed E-state index contributed by atoms with van der Waals surface area (Å²) in [5, 5.41) is 12.4. The van der Waals surface area contributed by atoms with E-state index in [1.165, 1.54) is 11.3 Å².